The van der Waals surface area contributed by atoms with Crippen molar-refractivity contribution in [3.8, 4) is 28.7 Å². The van der Waals surface area contributed by atoms with Crippen molar-refractivity contribution in [2.75, 3.05) is 40.8 Å². The normalized spacial score (nSPS) is 12.9. The number of carbonyl (C=O) groups is 1. The zero-order valence-corrected chi connectivity index (χ0v) is 17.1. The van der Waals surface area contributed by atoms with E-state index in [0.29, 0.717) is 46.5 Å². The fourth-order valence-electron chi connectivity index (χ4n) is 2.88. The van der Waals surface area contributed by atoms with Crippen LogP contribution in [0.4, 0.5) is 0 Å². The molecule has 28 heavy (non-hydrogen) atoms. The highest BCUT2D eigenvalue weighted by atomic mass is 32.2. The van der Waals surface area contributed by atoms with E-state index in [-0.39, 0.29) is 5.78 Å². The molecule has 0 saturated carbocycles. The number of hydrogen-bond donors (Lipinski definition) is 0. The first-order valence-corrected chi connectivity index (χ1v) is 9.59. The SMILES string of the molecule is COc1cc(OC)c(C=CC(=O)c2cc3c(cc2OC)SCCO3)c(OC)c1. The summed E-state index contributed by atoms with van der Waals surface area (Å²) in [5, 5.41) is 0. The molecule has 1 heterocycles. The zero-order chi connectivity index (χ0) is 20.1. The van der Waals surface area contributed by atoms with Gasteiger partial charge in [-0.2, -0.15) is 0 Å². The molecule has 0 fully saturated rings. The Labute approximate surface area is 168 Å². The van der Waals surface area contributed by atoms with Gasteiger partial charge < -0.3 is 23.7 Å². The molecule has 0 unspecified atom stereocenters. The molecule has 2 aromatic carbocycles. The Balaban J connectivity index is 1.96. The molecule has 0 amide bonds. The Bertz CT molecular complexity index is 881. The third kappa shape index (κ3) is 4.04. The Morgan fingerprint density at radius 1 is 0.964 bits per heavy atom. The van der Waals surface area contributed by atoms with E-state index in [4.69, 9.17) is 23.7 Å². The van der Waals surface area contributed by atoms with Crippen LogP contribution in [0.15, 0.2) is 35.2 Å². The number of benzene rings is 2. The Kier molecular flexibility index (Phi) is 6.36. The lowest BCUT2D eigenvalue weighted by Crippen LogP contribution is -2.09. The predicted octanol–water partition coefficient (Wildman–Crippen LogP) is 4.10. The van der Waals surface area contributed by atoms with Crippen molar-refractivity contribution in [1.29, 1.82) is 0 Å². The van der Waals surface area contributed by atoms with Gasteiger partial charge in [-0.05, 0) is 24.3 Å². The number of methoxy groups -OCH3 is 4. The van der Waals surface area contributed by atoms with Crippen LogP contribution in [0.3, 0.4) is 0 Å². The average molecular weight is 402 g/mol. The number of carbonyl (C=O) groups excluding carboxylic acids is 1. The summed E-state index contributed by atoms with van der Waals surface area (Å²) < 4.78 is 27.2. The van der Waals surface area contributed by atoms with E-state index in [1.54, 1.807) is 64.5 Å². The molecular weight excluding hydrogens is 380 g/mol. The number of rotatable bonds is 7. The van der Waals surface area contributed by atoms with Crippen LogP contribution in [0.2, 0.25) is 0 Å². The minimum Gasteiger partial charge on any atom is -0.496 e. The number of ketones is 1. The van der Waals surface area contributed by atoms with Crippen molar-refractivity contribution in [2.45, 2.75) is 4.90 Å². The molecule has 0 radical (unpaired) electrons. The molecule has 0 aromatic heterocycles. The summed E-state index contributed by atoms with van der Waals surface area (Å²) in [7, 11) is 6.21. The van der Waals surface area contributed by atoms with Crippen LogP contribution < -0.4 is 23.7 Å². The van der Waals surface area contributed by atoms with E-state index in [2.05, 4.69) is 0 Å². The van der Waals surface area contributed by atoms with Crippen molar-refractivity contribution in [1.82, 2.24) is 0 Å². The van der Waals surface area contributed by atoms with Crippen molar-refractivity contribution in [2.24, 2.45) is 0 Å². The molecule has 2 aromatic rings. The van der Waals surface area contributed by atoms with Crippen LogP contribution in [0, 0.1) is 0 Å². The molecule has 3 rings (SSSR count). The average Bonchev–Trinajstić information content (AvgIpc) is 2.75. The number of ether oxygens (including phenoxy) is 5. The summed E-state index contributed by atoms with van der Waals surface area (Å²) >= 11 is 1.68. The minimum absolute atomic E-state index is 0.209. The Morgan fingerprint density at radius 2 is 1.64 bits per heavy atom. The first-order valence-electron chi connectivity index (χ1n) is 8.61. The van der Waals surface area contributed by atoms with Gasteiger partial charge in [-0.15, -0.1) is 11.8 Å². The second-order valence-corrected chi connectivity index (χ2v) is 6.98. The third-order valence-electron chi connectivity index (χ3n) is 4.28. The standard InChI is InChI=1S/C21H22O6S/c1-23-13-9-17(24-2)14(18(10-13)25-3)5-6-16(22)15-11-20-21(12-19(15)26-4)28-8-7-27-20/h5-6,9-12H,7-8H2,1-4H3. The van der Waals surface area contributed by atoms with Gasteiger partial charge in [0.2, 0.25) is 0 Å². The number of fused-ring (bicyclic) bond motifs is 1. The lowest BCUT2D eigenvalue weighted by Gasteiger charge is -2.19. The minimum atomic E-state index is -0.209. The predicted molar refractivity (Wildman–Crippen MR) is 109 cm³/mol. The fraction of sp³-hybridized carbons (Fsp3) is 0.286. The van der Waals surface area contributed by atoms with E-state index >= 15 is 0 Å². The van der Waals surface area contributed by atoms with Gasteiger partial charge in [-0.25, -0.2) is 0 Å². The van der Waals surface area contributed by atoms with Crippen molar-refractivity contribution >= 4 is 23.6 Å². The highest BCUT2D eigenvalue weighted by Gasteiger charge is 2.19. The molecule has 0 spiro atoms. The van der Waals surface area contributed by atoms with Gasteiger partial charge in [0.25, 0.3) is 0 Å². The number of allylic oxidation sites excluding steroid dienone is 1. The van der Waals surface area contributed by atoms with Gasteiger partial charge in [0, 0.05) is 17.9 Å². The number of hydrogen-bond acceptors (Lipinski definition) is 7. The van der Waals surface area contributed by atoms with Gasteiger partial charge in [0.15, 0.2) is 5.78 Å². The smallest absolute Gasteiger partial charge is 0.189 e. The molecule has 1 aliphatic heterocycles. The summed E-state index contributed by atoms with van der Waals surface area (Å²) in [6.07, 6.45) is 3.13. The molecule has 1 aliphatic rings. The third-order valence-corrected chi connectivity index (χ3v) is 5.29. The van der Waals surface area contributed by atoms with Crippen LogP contribution in [-0.2, 0) is 0 Å². The van der Waals surface area contributed by atoms with Crippen molar-refractivity contribution < 1.29 is 28.5 Å². The fourth-order valence-corrected chi connectivity index (χ4v) is 3.71. The van der Waals surface area contributed by atoms with Crippen LogP contribution >= 0.6 is 11.8 Å². The maximum Gasteiger partial charge on any atom is 0.189 e. The van der Waals surface area contributed by atoms with Crippen LogP contribution in [-0.4, -0.2) is 46.6 Å². The summed E-state index contributed by atoms with van der Waals surface area (Å²) in [5.41, 5.74) is 1.08. The lowest BCUT2D eigenvalue weighted by atomic mass is 10.1. The highest BCUT2D eigenvalue weighted by molar-refractivity contribution is 7.99. The van der Waals surface area contributed by atoms with Crippen LogP contribution in [0.5, 0.6) is 28.7 Å². The first-order chi connectivity index (χ1) is 13.6. The summed E-state index contributed by atoms with van der Waals surface area (Å²) in [5.74, 6) is 3.56. The molecule has 0 bridgehead atoms. The van der Waals surface area contributed by atoms with Crippen molar-refractivity contribution in [3.05, 3.63) is 41.5 Å². The van der Waals surface area contributed by atoms with Gasteiger partial charge in [-0.3, -0.25) is 4.79 Å². The first kappa shape index (κ1) is 19.9. The van der Waals surface area contributed by atoms with E-state index in [0.717, 1.165) is 10.6 Å². The van der Waals surface area contributed by atoms with Crippen LogP contribution in [0.1, 0.15) is 15.9 Å². The molecule has 7 heteroatoms. The highest BCUT2D eigenvalue weighted by Crippen LogP contribution is 2.39. The molecule has 6 nitrogen and oxygen atoms in total. The molecule has 0 atom stereocenters. The molecule has 0 aliphatic carbocycles. The monoisotopic (exact) mass is 402 g/mol. The maximum absolute atomic E-state index is 12.9. The zero-order valence-electron chi connectivity index (χ0n) is 16.2. The summed E-state index contributed by atoms with van der Waals surface area (Å²) in [6.45, 7) is 0.619. The second-order valence-electron chi connectivity index (χ2n) is 5.84. The van der Waals surface area contributed by atoms with Gasteiger partial charge >= 0.3 is 0 Å². The molecule has 0 saturated heterocycles. The molecule has 148 valence electrons. The Morgan fingerprint density at radius 3 is 2.25 bits per heavy atom. The van der Waals surface area contributed by atoms with E-state index in [9.17, 15) is 4.79 Å². The maximum atomic E-state index is 12.9. The van der Waals surface area contributed by atoms with E-state index < -0.39 is 0 Å². The van der Waals surface area contributed by atoms with Gasteiger partial charge in [-0.1, -0.05) is 0 Å². The summed E-state index contributed by atoms with van der Waals surface area (Å²) in [6, 6.07) is 7.04. The van der Waals surface area contributed by atoms with Crippen molar-refractivity contribution in [3.63, 3.8) is 0 Å². The Hall–Kier alpha value is -2.80. The van der Waals surface area contributed by atoms with Gasteiger partial charge in [0.1, 0.15) is 28.7 Å². The quantitative estimate of drug-likeness (QED) is 0.510. The second kappa shape index (κ2) is 8.93. The largest absolute Gasteiger partial charge is 0.496 e. The van der Waals surface area contributed by atoms with Crippen LogP contribution in [0.25, 0.3) is 6.08 Å². The van der Waals surface area contributed by atoms with E-state index in [1.165, 1.54) is 6.08 Å². The van der Waals surface area contributed by atoms with E-state index in [1.807, 2.05) is 6.07 Å². The summed E-state index contributed by atoms with van der Waals surface area (Å²) in [4.78, 5) is 13.8. The van der Waals surface area contributed by atoms with Gasteiger partial charge in [0.05, 0.1) is 51.1 Å². The topological polar surface area (TPSA) is 63.2 Å². The number of thioether (sulfide) groups is 1. The molecular formula is C21H22O6S. The molecule has 0 N–H and O–H groups in total. The lowest BCUT2D eigenvalue weighted by molar-refractivity contribution is 0.104.